The van der Waals surface area contributed by atoms with E-state index >= 15 is 0 Å². The molecule has 0 aromatic carbocycles. The zero-order chi connectivity index (χ0) is 12.8. The number of thiophene rings is 1. The summed E-state index contributed by atoms with van der Waals surface area (Å²) in [6.07, 6.45) is 1.56. The van der Waals surface area contributed by atoms with Gasteiger partial charge >= 0.3 is 0 Å². The monoisotopic (exact) mass is 319 g/mol. The van der Waals surface area contributed by atoms with Crippen LogP contribution in [0.1, 0.15) is 25.3 Å². The van der Waals surface area contributed by atoms with E-state index in [2.05, 4.69) is 51.4 Å². The standard InChI is InChI=1S/C11H18BrN3OS/c1-3-9(5-11(13)14-16)15(2)6-8-4-10(12)17-7-8/h4,7,9,16H,3,5-6H2,1-2H3,(H2,13,14). The minimum atomic E-state index is 0.287. The summed E-state index contributed by atoms with van der Waals surface area (Å²) in [6, 6.07) is 2.42. The number of nitrogens with two attached hydrogens (primary N) is 1. The van der Waals surface area contributed by atoms with Crippen LogP contribution < -0.4 is 5.73 Å². The molecule has 96 valence electrons. The second-order valence-corrected chi connectivity index (χ2v) is 6.32. The fourth-order valence-electron chi connectivity index (χ4n) is 1.74. The van der Waals surface area contributed by atoms with Crippen LogP contribution in [0.15, 0.2) is 20.4 Å². The summed E-state index contributed by atoms with van der Waals surface area (Å²) in [5.41, 5.74) is 6.83. The first-order valence-electron chi connectivity index (χ1n) is 5.46. The maximum Gasteiger partial charge on any atom is 0.140 e. The van der Waals surface area contributed by atoms with Gasteiger partial charge in [0.15, 0.2) is 0 Å². The SMILES string of the molecule is CCC(CC(N)=NO)N(C)Cc1csc(Br)c1. The van der Waals surface area contributed by atoms with Crippen LogP contribution in [0.5, 0.6) is 0 Å². The number of amidine groups is 1. The van der Waals surface area contributed by atoms with Crippen molar-refractivity contribution in [2.45, 2.75) is 32.4 Å². The Morgan fingerprint density at radius 1 is 1.71 bits per heavy atom. The smallest absolute Gasteiger partial charge is 0.140 e. The van der Waals surface area contributed by atoms with Crippen LogP contribution in [0.4, 0.5) is 0 Å². The Bertz CT molecular complexity index is 381. The summed E-state index contributed by atoms with van der Waals surface area (Å²) in [5.74, 6) is 0.287. The second-order valence-electron chi connectivity index (χ2n) is 4.03. The number of hydrogen-bond donors (Lipinski definition) is 2. The van der Waals surface area contributed by atoms with Gasteiger partial charge < -0.3 is 10.9 Å². The maximum atomic E-state index is 8.59. The number of oxime groups is 1. The highest BCUT2D eigenvalue weighted by atomic mass is 79.9. The van der Waals surface area contributed by atoms with Gasteiger partial charge in [-0.2, -0.15) is 0 Å². The minimum absolute atomic E-state index is 0.287. The molecule has 0 radical (unpaired) electrons. The molecule has 17 heavy (non-hydrogen) atoms. The molecule has 0 saturated carbocycles. The average Bonchev–Trinajstić information content (AvgIpc) is 2.70. The Hall–Kier alpha value is -0.590. The van der Waals surface area contributed by atoms with Gasteiger partial charge in [-0.1, -0.05) is 12.1 Å². The molecule has 0 aliphatic carbocycles. The number of halogens is 1. The van der Waals surface area contributed by atoms with Crippen LogP contribution in [0.25, 0.3) is 0 Å². The molecule has 1 heterocycles. The van der Waals surface area contributed by atoms with E-state index in [1.165, 1.54) is 5.56 Å². The van der Waals surface area contributed by atoms with Crippen molar-refractivity contribution < 1.29 is 5.21 Å². The van der Waals surface area contributed by atoms with E-state index in [0.717, 1.165) is 16.8 Å². The number of hydrogen-bond acceptors (Lipinski definition) is 4. The van der Waals surface area contributed by atoms with E-state index in [0.29, 0.717) is 12.5 Å². The Labute approximate surface area is 114 Å². The van der Waals surface area contributed by atoms with Crippen molar-refractivity contribution in [3.05, 3.63) is 20.8 Å². The molecular formula is C11H18BrN3OS. The predicted molar refractivity (Wildman–Crippen MR) is 75.6 cm³/mol. The lowest BCUT2D eigenvalue weighted by Gasteiger charge is -2.26. The summed E-state index contributed by atoms with van der Waals surface area (Å²) >= 11 is 5.14. The summed E-state index contributed by atoms with van der Waals surface area (Å²) in [6.45, 7) is 2.98. The first kappa shape index (κ1) is 14.5. The molecule has 4 nitrogen and oxygen atoms in total. The van der Waals surface area contributed by atoms with Gasteiger partial charge in [0.05, 0.1) is 3.79 Å². The van der Waals surface area contributed by atoms with Crippen LogP contribution in [-0.4, -0.2) is 29.0 Å². The van der Waals surface area contributed by atoms with Crippen molar-refractivity contribution in [1.82, 2.24) is 4.90 Å². The molecule has 1 unspecified atom stereocenters. The highest BCUT2D eigenvalue weighted by Gasteiger charge is 2.15. The van der Waals surface area contributed by atoms with Crippen LogP contribution in [-0.2, 0) is 6.54 Å². The van der Waals surface area contributed by atoms with Gasteiger partial charge in [0.25, 0.3) is 0 Å². The normalized spacial score (nSPS) is 14.2. The quantitative estimate of drug-likeness (QED) is 0.367. The Kier molecular flexibility index (Phi) is 5.94. The third-order valence-electron chi connectivity index (χ3n) is 2.72. The molecule has 1 aromatic rings. The summed E-state index contributed by atoms with van der Waals surface area (Å²) in [7, 11) is 2.06. The lowest BCUT2D eigenvalue weighted by Crippen LogP contribution is -2.34. The molecule has 0 amide bonds. The lowest BCUT2D eigenvalue weighted by atomic mass is 10.1. The first-order chi connectivity index (χ1) is 8.06. The maximum absolute atomic E-state index is 8.59. The molecule has 3 N–H and O–H groups in total. The van der Waals surface area contributed by atoms with Crippen LogP contribution in [0.2, 0.25) is 0 Å². The van der Waals surface area contributed by atoms with E-state index < -0.39 is 0 Å². The molecule has 1 aromatic heterocycles. The van der Waals surface area contributed by atoms with Crippen molar-refractivity contribution in [3.63, 3.8) is 0 Å². The third kappa shape index (κ3) is 4.65. The van der Waals surface area contributed by atoms with Gasteiger partial charge in [-0.25, -0.2) is 0 Å². The largest absolute Gasteiger partial charge is 0.409 e. The molecule has 0 spiro atoms. The fourth-order valence-corrected chi connectivity index (χ4v) is 2.94. The van der Waals surface area contributed by atoms with Gasteiger partial charge in [0.1, 0.15) is 5.84 Å². The summed E-state index contributed by atoms with van der Waals surface area (Å²) in [5, 5.41) is 13.8. The number of nitrogens with zero attached hydrogens (tertiary/aromatic N) is 2. The Morgan fingerprint density at radius 2 is 2.41 bits per heavy atom. The Balaban J connectivity index is 2.57. The van der Waals surface area contributed by atoms with E-state index in [1.54, 1.807) is 11.3 Å². The molecule has 0 saturated heterocycles. The Morgan fingerprint density at radius 3 is 2.88 bits per heavy atom. The molecule has 0 bridgehead atoms. The van der Waals surface area contributed by atoms with Crippen molar-refractivity contribution in [2.75, 3.05) is 7.05 Å². The van der Waals surface area contributed by atoms with E-state index in [9.17, 15) is 0 Å². The van der Waals surface area contributed by atoms with Crippen molar-refractivity contribution in [2.24, 2.45) is 10.9 Å². The van der Waals surface area contributed by atoms with Crippen LogP contribution in [0.3, 0.4) is 0 Å². The van der Waals surface area contributed by atoms with Crippen molar-refractivity contribution >= 4 is 33.1 Å². The fraction of sp³-hybridized carbons (Fsp3) is 0.545. The predicted octanol–water partition coefficient (Wildman–Crippen LogP) is 2.86. The zero-order valence-electron chi connectivity index (χ0n) is 10.1. The van der Waals surface area contributed by atoms with Gasteiger partial charge in [-0.3, -0.25) is 4.90 Å². The topological polar surface area (TPSA) is 61.9 Å². The van der Waals surface area contributed by atoms with Gasteiger partial charge in [0.2, 0.25) is 0 Å². The molecule has 1 rings (SSSR count). The molecule has 6 heteroatoms. The number of rotatable bonds is 6. The molecule has 0 aliphatic rings. The van der Waals surface area contributed by atoms with Crippen LogP contribution in [0, 0.1) is 0 Å². The first-order valence-corrected chi connectivity index (χ1v) is 7.13. The van der Waals surface area contributed by atoms with Gasteiger partial charge in [-0.05, 0) is 46.4 Å². The highest BCUT2D eigenvalue weighted by molar-refractivity contribution is 9.11. The van der Waals surface area contributed by atoms with E-state index in [4.69, 9.17) is 10.9 Å². The molecule has 1 atom stereocenters. The van der Waals surface area contributed by atoms with Crippen LogP contribution >= 0.6 is 27.3 Å². The molecule has 0 fully saturated rings. The third-order valence-corrected chi connectivity index (χ3v) is 4.27. The zero-order valence-corrected chi connectivity index (χ0v) is 12.5. The van der Waals surface area contributed by atoms with Gasteiger partial charge in [0, 0.05) is 19.0 Å². The van der Waals surface area contributed by atoms with Gasteiger partial charge in [-0.15, -0.1) is 11.3 Å². The molecule has 0 aliphatic heterocycles. The molecular weight excluding hydrogens is 302 g/mol. The summed E-state index contributed by atoms with van der Waals surface area (Å²) in [4.78, 5) is 2.23. The highest BCUT2D eigenvalue weighted by Crippen LogP contribution is 2.22. The average molecular weight is 320 g/mol. The lowest BCUT2D eigenvalue weighted by molar-refractivity contribution is 0.230. The van der Waals surface area contributed by atoms with E-state index in [1.807, 2.05) is 0 Å². The van der Waals surface area contributed by atoms with E-state index in [-0.39, 0.29) is 5.84 Å². The second kappa shape index (κ2) is 6.98. The summed E-state index contributed by atoms with van der Waals surface area (Å²) < 4.78 is 1.14. The van der Waals surface area contributed by atoms with Crippen molar-refractivity contribution in [3.8, 4) is 0 Å². The minimum Gasteiger partial charge on any atom is -0.409 e. The van der Waals surface area contributed by atoms with Crippen molar-refractivity contribution in [1.29, 1.82) is 0 Å².